The van der Waals surface area contributed by atoms with E-state index in [0.29, 0.717) is 6.54 Å². The van der Waals surface area contributed by atoms with Crippen molar-refractivity contribution in [1.29, 1.82) is 0 Å². The maximum atomic E-state index is 5.85. The average molecular weight is 455 g/mol. The SMILES string of the molecule is COc1ccc(-n2c(C)ccc2[C@@H]2[C@H](c3ccccn3)NC(=S)N2Cc2ccccc2)cc1. The first-order valence-electron chi connectivity index (χ1n) is 11.0. The number of ether oxygens (including phenoxy) is 1. The zero-order valence-corrected chi connectivity index (χ0v) is 19.5. The molecular weight excluding hydrogens is 428 g/mol. The van der Waals surface area contributed by atoms with Gasteiger partial charge in [-0.15, -0.1) is 0 Å². The molecule has 0 spiro atoms. The molecule has 166 valence electrons. The van der Waals surface area contributed by atoms with E-state index in [-0.39, 0.29) is 12.1 Å². The van der Waals surface area contributed by atoms with E-state index >= 15 is 0 Å². The van der Waals surface area contributed by atoms with Gasteiger partial charge in [-0.3, -0.25) is 4.98 Å². The first-order chi connectivity index (χ1) is 16.2. The van der Waals surface area contributed by atoms with Crippen LogP contribution in [0.4, 0.5) is 0 Å². The van der Waals surface area contributed by atoms with E-state index in [1.165, 1.54) is 5.56 Å². The Labute approximate surface area is 199 Å². The smallest absolute Gasteiger partial charge is 0.170 e. The summed E-state index contributed by atoms with van der Waals surface area (Å²) in [6.07, 6.45) is 1.84. The van der Waals surface area contributed by atoms with Gasteiger partial charge in [-0.25, -0.2) is 0 Å². The van der Waals surface area contributed by atoms with E-state index in [4.69, 9.17) is 17.0 Å². The average Bonchev–Trinajstić information content (AvgIpc) is 3.39. The van der Waals surface area contributed by atoms with Crippen molar-refractivity contribution in [1.82, 2.24) is 19.8 Å². The lowest BCUT2D eigenvalue weighted by Crippen LogP contribution is -2.30. The van der Waals surface area contributed by atoms with Crippen molar-refractivity contribution >= 4 is 17.3 Å². The Hall–Kier alpha value is -3.64. The number of nitrogens with one attached hydrogen (secondary N) is 1. The second-order valence-corrected chi connectivity index (χ2v) is 8.56. The van der Waals surface area contributed by atoms with Gasteiger partial charge in [-0.05, 0) is 73.2 Å². The largest absolute Gasteiger partial charge is 0.497 e. The topological polar surface area (TPSA) is 42.3 Å². The highest BCUT2D eigenvalue weighted by Gasteiger charge is 2.41. The lowest BCUT2D eigenvalue weighted by Gasteiger charge is -2.29. The van der Waals surface area contributed by atoms with Crippen molar-refractivity contribution in [3.63, 3.8) is 0 Å². The summed E-state index contributed by atoms with van der Waals surface area (Å²) in [6, 6.07) is 28.9. The fourth-order valence-corrected chi connectivity index (χ4v) is 4.86. The molecule has 5 nitrogen and oxygen atoms in total. The molecule has 0 amide bonds. The molecule has 5 rings (SSSR count). The monoisotopic (exact) mass is 454 g/mol. The van der Waals surface area contributed by atoms with E-state index < -0.39 is 0 Å². The lowest BCUT2D eigenvalue weighted by molar-refractivity contribution is 0.302. The predicted octanol–water partition coefficient (Wildman–Crippen LogP) is 5.36. The van der Waals surface area contributed by atoms with Crippen LogP contribution in [0.5, 0.6) is 5.75 Å². The quantitative estimate of drug-likeness (QED) is 0.397. The van der Waals surface area contributed by atoms with Crippen LogP contribution in [0.15, 0.2) is 91.1 Å². The Bertz CT molecular complexity index is 1240. The standard InChI is InChI=1S/C27H26N4OS/c1-19-11-16-24(31(19)21-12-14-22(32-2)15-13-21)26-25(23-10-6-7-17-28-23)29-27(33)30(26)18-20-8-4-3-5-9-20/h3-17,25-26H,18H2,1-2H3,(H,29,33)/t25-,26+/m0/s1. The van der Waals surface area contributed by atoms with Crippen LogP contribution >= 0.6 is 12.2 Å². The number of pyridine rings is 1. The molecule has 0 bridgehead atoms. The van der Waals surface area contributed by atoms with Crippen LogP contribution in [-0.4, -0.2) is 26.7 Å². The first-order valence-corrected chi connectivity index (χ1v) is 11.4. The number of benzene rings is 2. The second-order valence-electron chi connectivity index (χ2n) is 8.17. The summed E-state index contributed by atoms with van der Waals surface area (Å²) >= 11 is 5.85. The Morgan fingerprint density at radius 2 is 1.70 bits per heavy atom. The number of aryl methyl sites for hydroxylation is 1. The van der Waals surface area contributed by atoms with Crippen LogP contribution in [0.2, 0.25) is 0 Å². The van der Waals surface area contributed by atoms with Crippen molar-refractivity contribution < 1.29 is 4.74 Å². The molecule has 3 heterocycles. The van der Waals surface area contributed by atoms with Gasteiger partial charge in [-0.2, -0.15) is 0 Å². The Balaban J connectivity index is 1.62. The van der Waals surface area contributed by atoms with Crippen LogP contribution < -0.4 is 10.1 Å². The summed E-state index contributed by atoms with van der Waals surface area (Å²) in [5.41, 5.74) is 5.60. The highest BCUT2D eigenvalue weighted by molar-refractivity contribution is 7.80. The molecule has 6 heteroatoms. The molecule has 0 radical (unpaired) electrons. The minimum atomic E-state index is -0.0614. The van der Waals surface area contributed by atoms with Crippen molar-refractivity contribution in [3.05, 3.63) is 114 Å². The third-order valence-corrected chi connectivity index (χ3v) is 6.49. The zero-order valence-electron chi connectivity index (χ0n) is 18.7. The van der Waals surface area contributed by atoms with Gasteiger partial charge in [0, 0.05) is 29.8 Å². The number of rotatable bonds is 6. The van der Waals surface area contributed by atoms with E-state index in [9.17, 15) is 0 Å². The van der Waals surface area contributed by atoms with Gasteiger partial charge < -0.3 is 19.5 Å². The molecule has 1 aliphatic heterocycles. The number of methoxy groups -OCH3 is 1. The van der Waals surface area contributed by atoms with Gasteiger partial charge in [0.1, 0.15) is 5.75 Å². The molecule has 0 aliphatic carbocycles. The van der Waals surface area contributed by atoms with Crippen LogP contribution in [0.3, 0.4) is 0 Å². The third kappa shape index (κ3) is 4.10. The van der Waals surface area contributed by atoms with Crippen molar-refractivity contribution in [2.45, 2.75) is 25.6 Å². The maximum Gasteiger partial charge on any atom is 0.170 e. The minimum Gasteiger partial charge on any atom is -0.497 e. The molecule has 1 N–H and O–H groups in total. The molecule has 1 aliphatic rings. The van der Waals surface area contributed by atoms with Gasteiger partial charge in [0.05, 0.1) is 24.9 Å². The third-order valence-electron chi connectivity index (χ3n) is 6.13. The molecular formula is C27H26N4OS. The van der Waals surface area contributed by atoms with Crippen molar-refractivity contribution in [2.75, 3.05) is 7.11 Å². The van der Waals surface area contributed by atoms with E-state index in [2.05, 4.69) is 81.3 Å². The predicted molar refractivity (Wildman–Crippen MR) is 134 cm³/mol. The van der Waals surface area contributed by atoms with E-state index in [1.54, 1.807) is 7.11 Å². The zero-order chi connectivity index (χ0) is 22.8. The summed E-state index contributed by atoms with van der Waals surface area (Å²) in [5.74, 6) is 0.839. The van der Waals surface area contributed by atoms with Crippen LogP contribution in [0.25, 0.3) is 5.69 Å². The Morgan fingerprint density at radius 1 is 0.939 bits per heavy atom. The Kier molecular flexibility index (Phi) is 5.84. The summed E-state index contributed by atoms with van der Waals surface area (Å²) < 4.78 is 7.67. The number of aromatic nitrogens is 2. The molecule has 0 saturated carbocycles. The van der Waals surface area contributed by atoms with Gasteiger partial charge in [-0.1, -0.05) is 36.4 Å². The second kappa shape index (κ2) is 9.08. The van der Waals surface area contributed by atoms with E-state index in [0.717, 1.165) is 33.6 Å². The van der Waals surface area contributed by atoms with Crippen molar-refractivity contribution in [2.24, 2.45) is 0 Å². The minimum absolute atomic E-state index is 0.0246. The van der Waals surface area contributed by atoms with Gasteiger partial charge in [0.15, 0.2) is 5.11 Å². The number of hydrogen-bond donors (Lipinski definition) is 1. The summed E-state index contributed by atoms with van der Waals surface area (Å²) in [6.45, 7) is 2.85. The Morgan fingerprint density at radius 3 is 2.39 bits per heavy atom. The summed E-state index contributed by atoms with van der Waals surface area (Å²) in [5, 5.41) is 4.29. The number of thiocarbonyl (C=S) groups is 1. The lowest BCUT2D eigenvalue weighted by atomic mass is 10.0. The summed E-state index contributed by atoms with van der Waals surface area (Å²) in [7, 11) is 1.69. The molecule has 2 aromatic heterocycles. The van der Waals surface area contributed by atoms with Gasteiger partial charge in [0.2, 0.25) is 0 Å². The van der Waals surface area contributed by atoms with Crippen LogP contribution in [-0.2, 0) is 6.54 Å². The highest BCUT2D eigenvalue weighted by Crippen LogP contribution is 2.41. The normalized spacial score (nSPS) is 17.8. The fraction of sp³-hybridized carbons (Fsp3) is 0.185. The number of hydrogen-bond acceptors (Lipinski definition) is 3. The fourth-order valence-electron chi connectivity index (χ4n) is 4.55. The molecule has 1 saturated heterocycles. The molecule has 33 heavy (non-hydrogen) atoms. The summed E-state index contributed by atoms with van der Waals surface area (Å²) in [4.78, 5) is 6.95. The molecule has 4 aromatic rings. The highest BCUT2D eigenvalue weighted by atomic mass is 32.1. The molecule has 1 fully saturated rings. The number of nitrogens with zero attached hydrogens (tertiary/aromatic N) is 3. The van der Waals surface area contributed by atoms with Gasteiger partial charge in [0.25, 0.3) is 0 Å². The van der Waals surface area contributed by atoms with Crippen LogP contribution in [0.1, 0.15) is 34.7 Å². The van der Waals surface area contributed by atoms with Crippen molar-refractivity contribution in [3.8, 4) is 11.4 Å². The van der Waals surface area contributed by atoms with E-state index in [1.807, 2.05) is 36.5 Å². The molecule has 2 atom stereocenters. The molecule has 2 aromatic carbocycles. The first kappa shape index (κ1) is 21.2. The molecule has 0 unspecified atom stereocenters. The van der Waals surface area contributed by atoms with Gasteiger partial charge >= 0.3 is 0 Å². The van der Waals surface area contributed by atoms with Crippen LogP contribution in [0, 0.1) is 6.92 Å². The maximum absolute atomic E-state index is 5.85.